The third-order valence-corrected chi connectivity index (χ3v) is 1.81. The minimum absolute atomic E-state index is 0.213. The molecule has 0 N–H and O–H groups in total. The highest BCUT2D eigenvalue weighted by Gasteiger charge is 2.16. The van der Waals surface area contributed by atoms with Gasteiger partial charge in [0.2, 0.25) is 5.91 Å². The van der Waals surface area contributed by atoms with Gasteiger partial charge in [-0.25, -0.2) is 0 Å². The minimum Gasteiger partial charge on any atom is -0.548 e. The molecule has 1 heterocycles. The number of ether oxygens (including phenoxy) is 2. The lowest BCUT2D eigenvalue weighted by molar-refractivity contribution is -0.309. The first-order valence-corrected chi connectivity index (χ1v) is 4.33. The fraction of sp³-hybridized carbons (Fsp3) is 0.750. The van der Waals surface area contributed by atoms with E-state index in [0.29, 0.717) is 26.3 Å². The summed E-state index contributed by atoms with van der Waals surface area (Å²) < 4.78 is 9.67. The molecule has 0 atom stereocenters. The summed E-state index contributed by atoms with van der Waals surface area (Å²) in [6.07, 6.45) is 0. The van der Waals surface area contributed by atoms with Crippen molar-refractivity contribution in [1.29, 1.82) is 0 Å². The van der Waals surface area contributed by atoms with Gasteiger partial charge in [-0.15, -0.1) is 0 Å². The predicted molar refractivity (Wildman–Crippen MR) is 43.2 cm³/mol. The highest BCUT2D eigenvalue weighted by molar-refractivity contribution is 5.77. The molecule has 1 aliphatic rings. The fourth-order valence-electron chi connectivity index (χ4n) is 1.13. The van der Waals surface area contributed by atoms with Crippen molar-refractivity contribution in [3.8, 4) is 0 Å². The third-order valence-electron chi connectivity index (χ3n) is 1.81. The number of hydrogen-bond acceptors (Lipinski definition) is 5. The van der Waals surface area contributed by atoms with Crippen LogP contribution < -0.4 is 5.11 Å². The Labute approximate surface area is 81.4 Å². The topological polar surface area (TPSA) is 78.9 Å². The number of carbonyl (C=O) groups excluding carboxylic acids is 2. The van der Waals surface area contributed by atoms with Crippen LogP contribution >= 0.6 is 0 Å². The van der Waals surface area contributed by atoms with E-state index in [4.69, 9.17) is 4.74 Å². The number of carboxylic acid groups (broad SMARTS) is 1. The maximum absolute atomic E-state index is 11.3. The van der Waals surface area contributed by atoms with Gasteiger partial charge in [0.1, 0.15) is 6.61 Å². The lowest BCUT2D eigenvalue weighted by atomic mass is 10.4. The Morgan fingerprint density at radius 1 is 1.29 bits per heavy atom. The van der Waals surface area contributed by atoms with E-state index in [1.165, 1.54) is 0 Å². The third kappa shape index (κ3) is 3.71. The Kier molecular flexibility index (Phi) is 4.34. The molecule has 0 saturated carbocycles. The second-order valence-electron chi connectivity index (χ2n) is 2.86. The maximum atomic E-state index is 11.3. The molecule has 0 spiro atoms. The van der Waals surface area contributed by atoms with Gasteiger partial charge in [0.15, 0.2) is 0 Å². The summed E-state index contributed by atoms with van der Waals surface area (Å²) in [6, 6.07) is 0. The van der Waals surface area contributed by atoms with Crippen molar-refractivity contribution in [2.24, 2.45) is 0 Å². The first-order chi connectivity index (χ1) is 6.70. The average molecular weight is 202 g/mol. The summed E-state index contributed by atoms with van der Waals surface area (Å²) in [7, 11) is 0. The van der Waals surface area contributed by atoms with Gasteiger partial charge in [-0.05, 0) is 0 Å². The van der Waals surface area contributed by atoms with Gasteiger partial charge in [0.25, 0.3) is 0 Å². The molecular formula is C8H12NO5-. The number of aliphatic carboxylic acids is 1. The monoisotopic (exact) mass is 202 g/mol. The van der Waals surface area contributed by atoms with E-state index in [0.717, 1.165) is 0 Å². The summed E-state index contributed by atoms with van der Waals surface area (Å²) in [5.74, 6) is -1.53. The molecule has 0 unspecified atom stereocenters. The molecule has 0 aromatic rings. The minimum atomic E-state index is -1.32. The van der Waals surface area contributed by atoms with E-state index < -0.39 is 12.6 Å². The first kappa shape index (κ1) is 10.9. The number of amides is 1. The van der Waals surface area contributed by atoms with Crippen LogP contribution in [-0.4, -0.2) is 56.3 Å². The molecule has 6 nitrogen and oxygen atoms in total. The molecular weight excluding hydrogens is 190 g/mol. The highest BCUT2D eigenvalue weighted by Crippen LogP contribution is 1.97. The summed E-state index contributed by atoms with van der Waals surface area (Å²) in [6.45, 7) is 1.35. The van der Waals surface area contributed by atoms with Crippen molar-refractivity contribution in [3.63, 3.8) is 0 Å². The van der Waals surface area contributed by atoms with Gasteiger partial charge in [-0.1, -0.05) is 0 Å². The quantitative estimate of drug-likeness (QED) is 0.508. The number of hydrogen-bond donors (Lipinski definition) is 0. The number of nitrogens with zero attached hydrogens (tertiary/aromatic N) is 1. The smallest absolute Gasteiger partial charge is 0.248 e. The zero-order valence-corrected chi connectivity index (χ0v) is 7.73. The summed E-state index contributed by atoms with van der Waals surface area (Å²) >= 11 is 0. The van der Waals surface area contributed by atoms with Crippen molar-refractivity contribution in [3.05, 3.63) is 0 Å². The Morgan fingerprint density at radius 2 is 1.93 bits per heavy atom. The van der Waals surface area contributed by atoms with E-state index in [9.17, 15) is 14.7 Å². The van der Waals surface area contributed by atoms with E-state index in [2.05, 4.69) is 4.74 Å². The zero-order chi connectivity index (χ0) is 10.4. The SMILES string of the molecule is O=C([O-])COCC(=O)N1CCOCC1. The maximum Gasteiger partial charge on any atom is 0.248 e. The van der Waals surface area contributed by atoms with Crippen LogP contribution in [0.5, 0.6) is 0 Å². The van der Waals surface area contributed by atoms with Gasteiger partial charge in [0.05, 0.1) is 25.8 Å². The standard InChI is InChI=1S/C8H13NO5/c10-7(5-14-6-8(11)12)9-1-3-13-4-2-9/h1-6H2,(H,11,12)/p-1. The van der Waals surface area contributed by atoms with Gasteiger partial charge in [0, 0.05) is 13.1 Å². The fourth-order valence-corrected chi connectivity index (χ4v) is 1.13. The molecule has 1 aliphatic heterocycles. The normalized spacial score (nSPS) is 16.7. The van der Waals surface area contributed by atoms with Crippen LogP contribution in [0.3, 0.4) is 0 Å². The van der Waals surface area contributed by atoms with E-state index in [-0.39, 0.29) is 12.5 Å². The second-order valence-corrected chi connectivity index (χ2v) is 2.86. The zero-order valence-electron chi connectivity index (χ0n) is 7.73. The van der Waals surface area contributed by atoms with Crippen LogP contribution in [0.2, 0.25) is 0 Å². The van der Waals surface area contributed by atoms with E-state index in [1.807, 2.05) is 0 Å². The van der Waals surface area contributed by atoms with Crippen molar-refractivity contribution in [2.75, 3.05) is 39.5 Å². The van der Waals surface area contributed by atoms with Crippen LogP contribution in [0.25, 0.3) is 0 Å². The van der Waals surface area contributed by atoms with Gasteiger partial charge < -0.3 is 24.3 Å². The highest BCUT2D eigenvalue weighted by atomic mass is 16.5. The molecule has 0 bridgehead atoms. The largest absolute Gasteiger partial charge is 0.548 e. The van der Waals surface area contributed by atoms with Crippen molar-refractivity contribution < 1.29 is 24.2 Å². The van der Waals surface area contributed by atoms with Crippen LogP contribution in [0, 0.1) is 0 Å². The van der Waals surface area contributed by atoms with Gasteiger partial charge in [-0.2, -0.15) is 0 Å². The van der Waals surface area contributed by atoms with Crippen molar-refractivity contribution >= 4 is 11.9 Å². The molecule has 6 heteroatoms. The predicted octanol–water partition coefficient (Wildman–Crippen LogP) is -2.39. The molecule has 0 aromatic heterocycles. The molecule has 0 radical (unpaired) electrons. The Balaban J connectivity index is 2.16. The molecule has 0 aromatic carbocycles. The lowest BCUT2D eigenvalue weighted by Crippen LogP contribution is -2.43. The first-order valence-electron chi connectivity index (χ1n) is 4.33. The van der Waals surface area contributed by atoms with Crippen LogP contribution in [0.1, 0.15) is 0 Å². The Hall–Kier alpha value is -1.14. The molecule has 1 amide bonds. The number of rotatable bonds is 4. The van der Waals surface area contributed by atoms with E-state index >= 15 is 0 Å². The lowest BCUT2D eigenvalue weighted by Gasteiger charge is -2.26. The molecule has 14 heavy (non-hydrogen) atoms. The van der Waals surface area contributed by atoms with E-state index in [1.54, 1.807) is 4.90 Å². The molecule has 0 aliphatic carbocycles. The van der Waals surface area contributed by atoms with Crippen LogP contribution in [0.4, 0.5) is 0 Å². The number of carbonyl (C=O) groups is 2. The number of carboxylic acids is 1. The second kappa shape index (κ2) is 5.56. The summed E-state index contributed by atoms with van der Waals surface area (Å²) in [5.41, 5.74) is 0. The molecule has 1 saturated heterocycles. The van der Waals surface area contributed by atoms with Crippen LogP contribution in [-0.2, 0) is 19.1 Å². The van der Waals surface area contributed by atoms with Crippen molar-refractivity contribution in [1.82, 2.24) is 4.90 Å². The molecule has 80 valence electrons. The summed E-state index contributed by atoms with van der Waals surface area (Å²) in [5, 5.41) is 9.98. The molecule has 1 fully saturated rings. The summed E-state index contributed by atoms with van der Waals surface area (Å²) in [4.78, 5) is 22.9. The van der Waals surface area contributed by atoms with Gasteiger partial charge >= 0.3 is 0 Å². The number of morpholine rings is 1. The van der Waals surface area contributed by atoms with Gasteiger partial charge in [-0.3, -0.25) is 4.79 Å². The Morgan fingerprint density at radius 3 is 2.50 bits per heavy atom. The molecule has 1 rings (SSSR count). The Bertz CT molecular complexity index is 212. The van der Waals surface area contributed by atoms with Crippen molar-refractivity contribution in [2.45, 2.75) is 0 Å². The van der Waals surface area contributed by atoms with Crippen LogP contribution in [0.15, 0.2) is 0 Å². The average Bonchev–Trinajstić information content (AvgIpc) is 2.18.